The van der Waals surface area contributed by atoms with Gasteiger partial charge in [-0.15, -0.1) is 0 Å². The maximum Gasteiger partial charge on any atom is 0.329 e. The maximum atomic E-state index is 13.1. The lowest BCUT2D eigenvalue weighted by Gasteiger charge is -2.24. The summed E-state index contributed by atoms with van der Waals surface area (Å²) >= 11 is 0. The van der Waals surface area contributed by atoms with Crippen LogP contribution in [0, 0.1) is 5.92 Å². The van der Waals surface area contributed by atoms with Crippen molar-refractivity contribution in [3.05, 3.63) is 53.3 Å². The Balaban J connectivity index is 1.70. The molecule has 8 heteroatoms. The number of nitrogens with one attached hydrogen (secondary N) is 1. The van der Waals surface area contributed by atoms with Crippen molar-refractivity contribution >= 4 is 17.8 Å². The molecule has 0 spiro atoms. The number of nitrogens with zero attached hydrogens (tertiary/aromatic N) is 1. The van der Waals surface area contributed by atoms with Crippen LogP contribution in [0.2, 0.25) is 0 Å². The SMILES string of the molecule is COc1ccnc(C(=O)N[C@H](C(=O)OC(C)c2ccc(C3CCCCC3)cc2)C(C)C)c1OC(C)=O. The van der Waals surface area contributed by atoms with E-state index in [2.05, 4.69) is 22.4 Å². The van der Waals surface area contributed by atoms with Crippen LogP contribution in [0.1, 0.15) is 93.4 Å². The van der Waals surface area contributed by atoms with Crippen LogP contribution in [0.5, 0.6) is 11.5 Å². The highest BCUT2D eigenvalue weighted by atomic mass is 16.6. The number of hydrogen-bond donors (Lipinski definition) is 1. The zero-order chi connectivity index (χ0) is 26.2. The van der Waals surface area contributed by atoms with Gasteiger partial charge in [0.05, 0.1) is 7.11 Å². The fraction of sp³-hybridized carbons (Fsp3) is 0.500. The summed E-state index contributed by atoms with van der Waals surface area (Å²) < 4.78 is 16.1. The Kier molecular flexibility index (Phi) is 9.44. The average molecular weight is 497 g/mol. The standard InChI is InChI=1S/C28H36N2O6/c1-17(2)24(30-27(32)25-26(36-19(4)31)23(34-5)15-16-29-25)28(33)35-18(3)20-11-13-22(14-12-20)21-9-7-6-8-10-21/h11-18,21,24H,6-10H2,1-5H3,(H,30,32)/t18?,24-/m0/s1. The minimum atomic E-state index is -0.931. The van der Waals surface area contributed by atoms with Crippen LogP contribution >= 0.6 is 0 Å². The topological polar surface area (TPSA) is 104 Å². The molecule has 2 aromatic rings. The molecule has 1 heterocycles. The second-order valence-corrected chi connectivity index (χ2v) is 9.56. The fourth-order valence-electron chi connectivity index (χ4n) is 4.49. The van der Waals surface area contributed by atoms with E-state index in [-0.39, 0.29) is 23.1 Å². The monoisotopic (exact) mass is 496 g/mol. The molecule has 36 heavy (non-hydrogen) atoms. The van der Waals surface area contributed by atoms with Gasteiger partial charge in [0, 0.05) is 19.2 Å². The minimum Gasteiger partial charge on any atom is -0.493 e. The maximum absolute atomic E-state index is 13.1. The zero-order valence-electron chi connectivity index (χ0n) is 21.7. The van der Waals surface area contributed by atoms with Gasteiger partial charge in [0.1, 0.15) is 12.1 Å². The Hall–Kier alpha value is -3.42. The number of hydrogen-bond acceptors (Lipinski definition) is 7. The van der Waals surface area contributed by atoms with Gasteiger partial charge in [0.25, 0.3) is 5.91 Å². The van der Waals surface area contributed by atoms with Crippen LogP contribution in [0.3, 0.4) is 0 Å². The van der Waals surface area contributed by atoms with E-state index in [0.717, 1.165) is 5.56 Å². The predicted molar refractivity (Wildman–Crippen MR) is 135 cm³/mol. The van der Waals surface area contributed by atoms with E-state index in [4.69, 9.17) is 14.2 Å². The van der Waals surface area contributed by atoms with E-state index >= 15 is 0 Å². The third-order valence-corrected chi connectivity index (χ3v) is 6.53. The van der Waals surface area contributed by atoms with Crippen LogP contribution in [-0.4, -0.2) is 36.0 Å². The summed E-state index contributed by atoms with van der Waals surface area (Å²) in [6.07, 6.45) is 7.19. The lowest BCUT2D eigenvalue weighted by atomic mass is 9.84. The molecule has 0 aliphatic heterocycles. The molecular weight excluding hydrogens is 460 g/mol. The number of rotatable bonds is 9. The third kappa shape index (κ3) is 6.83. The van der Waals surface area contributed by atoms with Gasteiger partial charge in [-0.05, 0) is 42.7 Å². The van der Waals surface area contributed by atoms with Gasteiger partial charge in [-0.25, -0.2) is 9.78 Å². The summed E-state index contributed by atoms with van der Waals surface area (Å²) in [5, 5.41) is 2.68. The first-order chi connectivity index (χ1) is 17.2. The highest BCUT2D eigenvalue weighted by molar-refractivity contribution is 5.98. The molecule has 0 bridgehead atoms. The van der Waals surface area contributed by atoms with Crippen molar-refractivity contribution in [1.82, 2.24) is 10.3 Å². The number of aromatic nitrogens is 1. The number of benzene rings is 1. The Labute approximate surface area is 212 Å². The van der Waals surface area contributed by atoms with Gasteiger partial charge < -0.3 is 19.5 Å². The van der Waals surface area contributed by atoms with Crippen molar-refractivity contribution in [2.45, 2.75) is 77.9 Å². The lowest BCUT2D eigenvalue weighted by Crippen LogP contribution is -2.45. The van der Waals surface area contributed by atoms with E-state index in [1.807, 2.05) is 32.9 Å². The van der Waals surface area contributed by atoms with Crippen molar-refractivity contribution in [3.63, 3.8) is 0 Å². The first-order valence-corrected chi connectivity index (χ1v) is 12.5. The Morgan fingerprint density at radius 2 is 1.67 bits per heavy atom. The predicted octanol–water partition coefficient (Wildman–Crippen LogP) is 5.12. The van der Waals surface area contributed by atoms with Crippen molar-refractivity contribution in [3.8, 4) is 11.5 Å². The van der Waals surface area contributed by atoms with Crippen LogP contribution in [0.4, 0.5) is 0 Å². The van der Waals surface area contributed by atoms with E-state index in [0.29, 0.717) is 5.92 Å². The second kappa shape index (κ2) is 12.5. The van der Waals surface area contributed by atoms with Crippen molar-refractivity contribution < 1.29 is 28.6 Å². The van der Waals surface area contributed by atoms with Crippen LogP contribution in [0.25, 0.3) is 0 Å². The van der Waals surface area contributed by atoms with Crippen LogP contribution < -0.4 is 14.8 Å². The Bertz CT molecular complexity index is 1060. The van der Waals surface area contributed by atoms with Gasteiger partial charge in [-0.2, -0.15) is 0 Å². The molecule has 3 rings (SSSR count). The molecule has 1 unspecified atom stereocenters. The van der Waals surface area contributed by atoms with Gasteiger partial charge in [0.15, 0.2) is 11.4 Å². The smallest absolute Gasteiger partial charge is 0.329 e. The molecule has 1 aromatic carbocycles. The van der Waals surface area contributed by atoms with Crippen molar-refractivity contribution in [1.29, 1.82) is 0 Å². The summed E-state index contributed by atoms with van der Waals surface area (Å²) in [5.41, 5.74) is 2.07. The van der Waals surface area contributed by atoms with E-state index in [9.17, 15) is 14.4 Å². The molecule has 1 N–H and O–H groups in total. The molecule has 8 nitrogen and oxygen atoms in total. The minimum absolute atomic E-state index is 0.104. The van der Waals surface area contributed by atoms with Crippen LogP contribution in [0.15, 0.2) is 36.5 Å². The summed E-state index contributed by atoms with van der Waals surface area (Å²) in [4.78, 5) is 41.7. The van der Waals surface area contributed by atoms with Crippen LogP contribution in [-0.2, 0) is 14.3 Å². The van der Waals surface area contributed by atoms with Gasteiger partial charge in [-0.3, -0.25) is 9.59 Å². The number of esters is 2. The largest absolute Gasteiger partial charge is 0.493 e. The number of methoxy groups -OCH3 is 1. The number of carbonyl (C=O) groups is 3. The van der Waals surface area contributed by atoms with Gasteiger partial charge >= 0.3 is 11.9 Å². The molecule has 1 aromatic heterocycles. The second-order valence-electron chi connectivity index (χ2n) is 9.56. The first-order valence-electron chi connectivity index (χ1n) is 12.5. The summed E-state index contributed by atoms with van der Waals surface area (Å²) in [6, 6.07) is 8.82. The summed E-state index contributed by atoms with van der Waals surface area (Å²) in [7, 11) is 1.39. The normalized spacial score (nSPS) is 15.6. The van der Waals surface area contributed by atoms with Gasteiger partial charge in [0.2, 0.25) is 5.75 Å². The molecule has 2 atom stereocenters. The zero-order valence-corrected chi connectivity index (χ0v) is 21.7. The van der Waals surface area contributed by atoms with E-state index in [1.54, 1.807) is 0 Å². The molecule has 1 aliphatic rings. The number of carbonyl (C=O) groups excluding carboxylic acids is 3. The average Bonchev–Trinajstić information content (AvgIpc) is 2.87. The van der Waals surface area contributed by atoms with E-state index < -0.39 is 30.0 Å². The van der Waals surface area contributed by atoms with Crippen molar-refractivity contribution in [2.75, 3.05) is 7.11 Å². The molecule has 0 radical (unpaired) electrons. The molecular formula is C28H36N2O6. The van der Waals surface area contributed by atoms with E-state index in [1.165, 1.54) is 64.0 Å². The summed E-state index contributed by atoms with van der Waals surface area (Å²) in [6.45, 7) is 6.64. The number of ether oxygens (including phenoxy) is 3. The quantitative estimate of drug-likeness (QED) is 0.480. The van der Waals surface area contributed by atoms with Crippen molar-refractivity contribution in [2.24, 2.45) is 5.92 Å². The number of pyridine rings is 1. The molecule has 0 saturated heterocycles. The molecule has 194 valence electrons. The van der Waals surface area contributed by atoms with Gasteiger partial charge in [-0.1, -0.05) is 57.4 Å². The molecule has 1 amide bonds. The summed E-state index contributed by atoms with van der Waals surface area (Å²) in [5.74, 6) is -1.44. The lowest BCUT2D eigenvalue weighted by molar-refractivity contribution is -0.152. The Morgan fingerprint density at radius 1 is 1.00 bits per heavy atom. The molecule has 1 fully saturated rings. The fourth-order valence-corrected chi connectivity index (χ4v) is 4.49. The number of amides is 1. The highest BCUT2D eigenvalue weighted by Gasteiger charge is 2.30. The molecule has 1 aliphatic carbocycles. The molecule has 1 saturated carbocycles. The Morgan fingerprint density at radius 3 is 2.25 bits per heavy atom. The first kappa shape index (κ1) is 27.2. The third-order valence-electron chi connectivity index (χ3n) is 6.53. The highest BCUT2D eigenvalue weighted by Crippen LogP contribution is 2.33.